The minimum Gasteiger partial charge on any atom is -0.354 e. The Morgan fingerprint density at radius 3 is 3.18 bits per heavy atom. The van der Waals surface area contributed by atoms with Crippen molar-refractivity contribution in [2.24, 2.45) is 0 Å². The molecule has 2 aliphatic rings. The van der Waals surface area contributed by atoms with Gasteiger partial charge in [0.15, 0.2) is 0 Å². The molecule has 2 aliphatic heterocycles. The summed E-state index contributed by atoms with van der Waals surface area (Å²) in [6, 6.07) is 1.76. The van der Waals surface area contributed by atoms with E-state index < -0.39 is 6.04 Å². The largest absolute Gasteiger partial charge is 0.354 e. The van der Waals surface area contributed by atoms with Crippen LogP contribution < -0.4 is 10.6 Å². The fourth-order valence-corrected chi connectivity index (χ4v) is 4.32. The Kier molecular flexibility index (Phi) is 4.66. The van der Waals surface area contributed by atoms with Gasteiger partial charge in [-0.05, 0) is 49.1 Å². The highest BCUT2D eigenvalue weighted by molar-refractivity contribution is 7.10. The molecule has 0 unspecified atom stereocenters. The molecule has 1 aromatic rings. The van der Waals surface area contributed by atoms with Crippen molar-refractivity contribution in [1.29, 1.82) is 0 Å². The van der Waals surface area contributed by atoms with Crippen LogP contribution >= 0.6 is 11.3 Å². The number of amides is 3. The van der Waals surface area contributed by atoms with Crippen molar-refractivity contribution in [2.45, 2.75) is 51.1 Å². The lowest BCUT2D eigenvalue weighted by atomic mass is 9.98. The first-order chi connectivity index (χ1) is 10.7. The minimum absolute atomic E-state index is 0.0490. The second-order valence-electron chi connectivity index (χ2n) is 5.96. The first kappa shape index (κ1) is 15.3. The number of fused-ring (bicyclic) bond motifs is 1. The van der Waals surface area contributed by atoms with E-state index in [4.69, 9.17) is 0 Å². The van der Waals surface area contributed by atoms with Crippen molar-refractivity contribution in [3.8, 4) is 0 Å². The van der Waals surface area contributed by atoms with Crippen LogP contribution in [0, 0.1) is 0 Å². The van der Waals surface area contributed by atoms with E-state index >= 15 is 0 Å². The first-order valence-corrected chi connectivity index (χ1v) is 8.99. The number of hydrogen-bond acceptors (Lipinski definition) is 3. The molecular weight excluding hydrogens is 298 g/mol. The average molecular weight is 321 g/mol. The molecule has 0 aliphatic carbocycles. The molecule has 1 aromatic heterocycles. The number of rotatable bonds is 2. The monoisotopic (exact) mass is 321 g/mol. The van der Waals surface area contributed by atoms with E-state index in [1.54, 1.807) is 11.3 Å². The predicted molar refractivity (Wildman–Crippen MR) is 86.9 cm³/mol. The van der Waals surface area contributed by atoms with E-state index in [1.807, 2.05) is 4.90 Å². The molecule has 0 aromatic carbocycles. The molecule has 5 nitrogen and oxygen atoms in total. The lowest BCUT2D eigenvalue weighted by Crippen LogP contribution is -2.52. The molecular formula is C16H23N3O2S. The molecule has 0 radical (unpaired) electrons. The summed E-state index contributed by atoms with van der Waals surface area (Å²) >= 11 is 1.77. The van der Waals surface area contributed by atoms with Crippen LogP contribution in [0.4, 0.5) is 4.79 Å². The number of nitrogens with one attached hydrogen (secondary N) is 2. The summed E-state index contributed by atoms with van der Waals surface area (Å²) < 4.78 is 0. The summed E-state index contributed by atoms with van der Waals surface area (Å²) in [5, 5.41) is 7.92. The highest BCUT2D eigenvalue weighted by Crippen LogP contribution is 2.35. The Balaban J connectivity index is 1.70. The van der Waals surface area contributed by atoms with E-state index in [0.29, 0.717) is 6.54 Å². The third-order valence-corrected chi connectivity index (χ3v) is 5.57. The van der Waals surface area contributed by atoms with Crippen molar-refractivity contribution in [2.75, 3.05) is 13.1 Å². The minimum atomic E-state index is -0.392. The molecule has 0 bridgehead atoms. The maximum absolute atomic E-state index is 12.7. The summed E-state index contributed by atoms with van der Waals surface area (Å²) in [6.07, 6.45) is 4.49. The van der Waals surface area contributed by atoms with Gasteiger partial charge in [-0.2, -0.15) is 0 Å². The Morgan fingerprint density at radius 1 is 1.50 bits per heavy atom. The fraction of sp³-hybridized carbons (Fsp3) is 0.625. The van der Waals surface area contributed by atoms with Gasteiger partial charge in [0.1, 0.15) is 6.04 Å². The van der Waals surface area contributed by atoms with Gasteiger partial charge < -0.3 is 15.5 Å². The molecule has 1 saturated heterocycles. The van der Waals surface area contributed by atoms with Crippen molar-refractivity contribution < 1.29 is 9.59 Å². The number of thiophene rings is 1. The van der Waals surface area contributed by atoms with Crippen molar-refractivity contribution in [1.82, 2.24) is 15.5 Å². The molecule has 3 rings (SSSR count). The van der Waals surface area contributed by atoms with Crippen LogP contribution in [0.3, 0.4) is 0 Å². The van der Waals surface area contributed by atoms with Gasteiger partial charge in [0, 0.05) is 18.0 Å². The van der Waals surface area contributed by atoms with Gasteiger partial charge in [0.25, 0.3) is 0 Å². The molecule has 0 spiro atoms. The summed E-state index contributed by atoms with van der Waals surface area (Å²) in [4.78, 5) is 27.9. The summed E-state index contributed by atoms with van der Waals surface area (Å²) in [5.74, 6) is -0.0490. The third-order valence-electron chi connectivity index (χ3n) is 4.58. The smallest absolute Gasteiger partial charge is 0.318 e. The van der Waals surface area contributed by atoms with E-state index in [0.717, 1.165) is 38.6 Å². The number of carbonyl (C=O) groups is 2. The van der Waals surface area contributed by atoms with E-state index in [2.05, 4.69) is 29.0 Å². The first-order valence-electron chi connectivity index (χ1n) is 8.11. The van der Waals surface area contributed by atoms with Gasteiger partial charge in [0.05, 0.1) is 6.04 Å². The SMILES string of the molecule is CC[C@@H]1c2ccsc2CCN1C(=O)N[C@H]1CCCCNC1=O. The van der Waals surface area contributed by atoms with Crippen LogP contribution in [0.15, 0.2) is 11.4 Å². The summed E-state index contributed by atoms with van der Waals surface area (Å²) in [7, 11) is 0. The van der Waals surface area contributed by atoms with Crippen LogP contribution in [-0.4, -0.2) is 36.0 Å². The Hall–Kier alpha value is -1.56. The van der Waals surface area contributed by atoms with Crippen LogP contribution in [0.1, 0.15) is 49.1 Å². The zero-order chi connectivity index (χ0) is 15.5. The molecule has 0 saturated carbocycles. The molecule has 2 atom stereocenters. The molecule has 120 valence electrons. The van der Waals surface area contributed by atoms with E-state index in [9.17, 15) is 9.59 Å². The molecule has 1 fully saturated rings. The predicted octanol–water partition coefficient (Wildman–Crippen LogP) is 2.44. The van der Waals surface area contributed by atoms with Crippen LogP contribution in [0.25, 0.3) is 0 Å². The number of carbonyl (C=O) groups excluding carboxylic acids is 2. The molecule has 6 heteroatoms. The standard InChI is InChI=1S/C16H23N3O2S/c1-2-13-11-7-10-22-14(11)6-9-19(13)16(21)18-12-5-3-4-8-17-15(12)20/h7,10,12-13H,2-6,8-9H2,1H3,(H,17,20)(H,18,21)/t12-,13+/m0/s1. The highest BCUT2D eigenvalue weighted by atomic mass is 32.1. The molecule has 2 N–H and O–H groups in total. The zero-order valence-electron chi connectivity index (χ0n) is 12.9. The molecule has 3 amide bonds. The zero-order valence-corrected chi connectivity index (χ0v) is 13.7. The van der Waals surface area contributed by atoms with Gasteiger partial charge in [0.2, 0.25) is 5.91 Å². The third kappa shape index (κ3) is 2.97. The quantitative estimate of drug-likeness (QED) is 0.879. The van der Waals surface area contributed by atoms with Crippen molar-refractivity contribution in [3.63, 3.8) is 0 Å². The van der Waals surface area contributed by atoms with E-state index in [1.165, 1.54) is 10.4 Å². The maximum Gasteiger partial charge on any atom is 0.318 e. The van der Waals surface area contributed by atoms with Crippen molar-refractivity contribution >= 4 is 23.3 Å². The summed E-state index contributed by atoms with van der Waals surface area (Å²) in [5.41, 5.74) is 1.28. The maximum atomic E-state index is 12.7. The Morgan fingerprint density at radius 2 is 2.36 bits per heavy atom. The van der Waals surface area contributed by atoms with E-state index in [-0.39, 0.29) is 18.0 Å². The number of urea groups is 1. The average Bonchev–Trinajstić information content (AvgIpc) is 2.91. The Labute approximate surface area is 135 Å². The van der Waals surface area contributed by atoms with Crippen molar-refractivity contribution in [3.05, 3.63) is 21.9 Å². The highest BCUT2D eigenvalue weighted by Gasteiger charge is 2.32. The van der Waals surface area contributed by atoms with Gasteiger partial charge in [-0.25, -0.2) is 4.79 Å². The lowest BCUT2D eigenvalue weighted by Gasteiger charge is -2.36. The number of hydrogen-bond donors (Lipinski definition) is 2. The van der Waals surface area contributed by atoms with Crippen LogP contribution in [0.5, 0.6) is 0 Å². The molecule has 3 heterocycles. The van der Waals surface area contributed by atoms with Gasteiger partial charge in [-0.3, -0.25) is 4.79 Å². The second-order valence-corrected chi connectivity index (χ2v) is 6.96. The normalized spacial score (nSPS) is 25.1. The number of nitrogens with zero attached hydrogens (tertiary/aromatic N) is 1. The van der Waals surface area contributed by atoms with Gasteiger partial charge in [-0.15, -0.1) is 11.3 Å². The topological polar surface area (TPSA) is 61.4 Å². The van der Waals surface area contributed by atoms with Gasteiger partial charge in [-0.1, -0.05) is 6.92 Å². The van der Waals surface area contributed by atoms with Crippen LogP contribution in [-0.2, 0) is 11.2 Å². The van der Waals surface area contributed by atoms with Gasteiger partial charge >= 0.3 is 6.03 Å². The fourth-order valence-electron chi connectivity index (χ4n) is 3.39. The molecule has 22 heavy (non-hydrogen) atoms. The lowest BCUT2D eigenvalue weighted by molar-refractivity contribution is -0.122. The summed E-state index contributed by atoms with van der Waals surface area (Å²) in [6.45, 7) is 3.55. The second kappa shape index (κ2) is 6.69. The van der Waals surface area contributed by atoms with Crippen LogP contribution in [0.2, 0.25) is 0 Å². The Bertz CT molecular complexity index is 557.